The van der Waals surface area contributed by atoms with E-state index in [0.29, 0.717) is 25.1 Å². The number of aromatic nitrogens is 2. The summed E-state index contributed by atoms with van der Waals surface area (Å²) in [4.78, 5) is 20.3. The predicted molar refractivity (Wildman–Crippen MR) is 84.9 cm³/mol. The highest BCUT2D eigenvalue weighted by Gasteiger charge is 2.23. The monoisotopic (exact) mass is 332 g/mol. The molecule has 0 radical (unpaired) electrons. The van der Waals surface area contributed by atoms with E-state index >= 15 is 0 Å². The first-order valence-corrected chi connectivity index (χ1v) is 7.41. The molecule has 1 aliphatic heterocycles. The Bertz CT molecular complexity index is 760. The van der Waals surface area contributed by atoms with Crippen molar-refractivity contribution >= 4 is 11.6 Å². The van der Waals surface area contributed by atoms with Gasteiger partial charge in [0.25, 0.3) is 5.91 Å². The summed E-state index contributed by atoms with van der Waals surface area (Å²) in [6, 6.07) is 3.35. The van der Waals surface area contributed by atoms with Crippen molar-refractivity contribution in [2.75, 3.05) is 26.1 Å². The van der Waals surface area contributed by atoms with Crippen LogP contribution in [-0.4, -0.2) is 36.6 Å². The van der Waals surface area contributed by atoms with Crippen LogP contribution in [0.4, 0.5) is 10.1 Å². The Morgan fingerprint density at radius 2 is 1.96 bits per heavy atom. The number of fused-ring (bicyclic) bond motifs is 1. The summed E-state index contributed by atoms with van der Waals surface area (Å²) in [6.07, 6.45) is 1.80. The Morgan fingerprint density at radius 3 is 2.62 bits per heavy atom. The van der Waals surface area contributed by atoms with E-state index in [2.05, 4.69) is 20.6 Å². The normalized spacial score (nSPS) is 13.1. The number of benzene rings is 1. The second-order valence-electron chi connectivity index (χ2n) is 5.21. The first-order valence-electron chi connectivity index (χ1n) is 7.41. The molecule has 1 aromatic carbocycles. The first-order chi connectivity index (χ1) is 11.7. The lowest BCUT2D eigenvalue weighted by atomic mass is 9.99. The topological polar surface area (TPSA) is 85.4 Å². The largest absolute Gasteiger partial charge is 0.480 e. The zero-order valence-corrected chi connectivity index (χ0v) is 13.4. The van der Waals surface area contributed by atoms with Crippen molar-refractivity contribution in [3.05, 3.63) is 41.0 Å². The highest BCUT2D eigenvalue weighted by Crippen LogP contribution is 2.28. The van der Waals surface area contributed by atoms with E-state index < -0.39 is 11.7 Å². The van der Waals surface area contributed by atoms with Crippen LogP contribution in [0.1, 0.15) is 21.5 Å². The molecule has 0 atom stereocenters. The molecule has 0 saturated heterocycles. The van der Waals surface area contributed by atoms with Crippen molar-refractivity contribution < 1.29 is 18.7 Å². The quantitative estimate of drug-likeness (QED) is 0.883. The minimum Gasteiger partial charge on any atom is -0.480 e. The van der Waals surface area contributed by atoms with Gasteiger partial charge in [-0.05, 0) is 30.2 Å². The molecule has 0 spiro atoms. The van der Waals surface area contributed by atoms with Crippen LogP contribution in [0.5, 0.6) is 11.8 Å². The smallest absolute Gasteiger partial charge is 0.266 e. The molecular weight excluding hydrogens is 315 g/mol. The van der Waals surface area contributed by atoms with Crippen molar-refractivity contribution in [2.45, 2.75) is 13.0 Å². The van der Waals surface area contributed by atoms with Gasteiger partial charge in [-0.1, -0.05) is 6.07 Å². The number of ether oxygens (including phenoxy) is 2. The summed E-state index contributed by atoms with van der Waals surface area (Å²) in [7, 11) is 2.76. The van der Waals surface area contributed by atoms with Crippen LogP contribution >= 0.6 is 0 Å². The van der Waals surface area contributed by atoms with Crippen LogP contribution < -0.4 is 20.1 Å². The number of amides is 1. The van der Waals surface area contributed by atoms with Crippen molar-refractivity contribution in [2.24, 2.45) is 0 Å². The van der Waals surface area contributed by atoms with Gasteiger partial charge in [-0.25, -0.2) is 14.4 Å². The average molecular weight is 332 g/mol. The van der Waals surface area contributed by atoms with Crippen molar-refractivity contribution in [3.63, 3.8) is 0 Å². The minimum absolute atomic E-state index is 0.0151. The molecule has 1 aliphatic rings. The third-order valence-electron chi connectivity index (χ3n) is 3.85. The predicted octanol–water partition coefficient (Wildman–Crippen LogP) is 1.53. The number of carbonyl (C=O) groups excluding carboxylic acids is 1. The van der Waals surface area contributed by atoms with Crippen LogP contribution in [0, 0.1) is 5.82 Å². The van der Waals surface area contributed by atoms with E-state index in [0.717, 1.165) is 5.56 Å². The van der Waals surface area contributed by atoms with E-state index in [1.807, 2.05) is 0 Å². The first kappa shape index (κ1) is 16.1. The Labute approximate surface area is 138 Å². The molecule has 0 unspecified atom stereocenters. The Hall–Kier alpha value is -2.74. The van der Waals surface area contributed by atoms with Gasteiger partial charge in [0.2, 0.25) is 11.8 Å². The maximum absolute atomic E-state index is 14.7. The van der Waals surface area contributed by atoms with Gasteiger partial charge in [-0.3, -0.25) is 4.79 Å². The average Bonchev–Trinajstić information content (AvgIpc) is 2.63. The van der Waals surface area contributed by atoms with E-state index in [1.165, 1.54) is 20.5 Å². The molecule has 0 bridgehead atoms. The van der Waals surface area contributed by atoms with Crippen LogP contribution in [-0.2, 0) is 13.0 Å². The molecule has 2 N–H and O–H groups in total. The van der Waals surface area contributed by atoms with E-state index in [9.17, 15) is 9.18 Å². The Kier molecular flexibility index (Phi) is 4.57. The summed E-state index contributed by atoms with van der Waals surface area (Å²) in [5, 5.41) is 5.73. The Balaban J connectivity index is 1.94. The summed E-state index contributed by atoms with van der Waals surface area (Å²) in [5.74, 6) is -0.905. The SMILES string of the molecule is COc1ncnc(OC)c1C(=O)Nc1ccc2c(c1F)CCNC2. The molecule has 126 valence electrons. The molecule has 0 aliphatic carbocycles. The molecule has 2 aromatic rings. The second kappa shape index (κ2) is 6.79. The lowest BCUT2D eigenvalue weighted by Gasteiger charge is -2.19. The molecule has 1 amide bonds. The van der Waals surface area contributed by atoms with Crippen LogP contribution in [0.2, 0.25) is 0 Å². The third-order valence-corrected chi connectivity index (χ3v) is 3.85. The van der Waals surface area contributed by atoms with Gasteiger partial charge in [0, 0.05) is 6.54 Å². The van der Waals surface area contributed by atoms with Crippen LogP contribution in [0.25, 0.3) is 0 Å². The van der Waals surface area contributed by atoms with Crippen LogP contribution in [0.15, 0.2) is 18.5 Å². The van der Waals surface area contributed by atoms with Gasteiger partial charge >= 0.3 is 0 Å². The van der Waals surface area contributed by atoms with Gasteiger partial charge in [-0.2, -0.15) is 0 Å². The summed E-state index contributed by atoms with van der Waals surface area (Å²) >= 11 is 0. The third kappa shape index (κ3) is 2.88. The number of hydrogen-bond acceptors (Lipinski definition) is 6. The highest BCUT2D eigenvalue weighted by atomic mass is 19.1. The summed E-state index contributed by atoms with van der Waals surface area (Å²) < 4.78 is 24.8. The molecule has 7 nitrogen and oxygen atoms in total. The number of nitrogens with one attached hydrogen (secondary N) is 2. The molecule has 3 rings (SSSR count). The lowest BCUT2D eigenvalue weighted by molar-refractivity contribution is 0.101. The molecule has 24 heavy (non-hydrogen) atoms. The van der Waals surface area contributed by atoms with Crippen molar-refractivity contribution in [1.29, 1.82) is 0 Å². The van der Waals surface area contributed by atoms with Gasteiger partial charge in [0.1, 0.15) is 12.1 Å². The highest BCUT2D eigenvalue weighted by molar-refractivity contribution is 6.07. The van der Waals surface area contributed by atoms with E-state index in [4.69, 9.17) is 9.47 Å². The van der Waals surface area contributed by atoms with E-state index in [1.54, 1.807) is 12.1 Å². The summed E-state index contributed by atoms with van der Waals surface area (Å²) in [5.41, 5.74) is 1.64. The number of rotatable bonds is 4. The number of hydrogen-bond donors (Lipinski definition) is 2. The number of nitrogens with zero attached hydrogens (tertiary/aromatic N) is 2. The van der Waals surface area contributed by atoms with Crippen LogP contribution in [0.3, 0.4) is 0 Å². The second-order valence-corrected chi connectivity index (χ2v) is 5.21. The van der Waals surface area contributed by atoms with Gasteiger partial charge < -0.3 is 20.1 Å². The van der Waals surface area contributed by atoms with Crippen molar-refractivity contribution in [1.82, 2.24) is 15.3 Å². The lowest BCUT2D eigenvalue weighted by Crippen LogP contribution is -2.25. The maximum Gasteiger partial charge on any atom is 0.266 e. The van der Waals surface area contributed by atoms with Gasteiger partial charge in [-0.15, -0.1) is 0 Å². The zero-order chi connectivity index (χ0) is 17.1. The number of methoxy groups -OCH3 is 2. The van der Waals surface area contributed by atoms with Gasteiger partial charge in [0.15, 0.2) is 5.56 Å². The zero-order valence-electron chi connectivity index (χ0n) is 13.4. The fraction of sp³-hybridized carbons (Fsp3) is 0.312. The van der Waals surface area contributed by atoms with Gasteiger partial charge in [0.05, 0.1) is 19.9 Å². The standard InChI is InChI=1S/C16H17FN4O3/c1-23-15-12(16(24-2)20-8-19-15)14(22)21-11-4-3-9-7-18-6-5-10(9)13(11)17/h3-4,8,18H,5-7H2,1-2H3,(H,21,22). The fourth-order valence-electron chi connectivity index (χ4n) is 2.67. The number of anilines is 1. The van der Waals surface area contributed by atoms with E-state index in [-0.39, 0.29) is 23.0 Å². The van der Waals surface area contributed by atoms with Crippen molar-refractivity contribution in [3.8, 4) is 11.8 Å². The molecule has 0 saturated carbocycles. The summed E-state index contributed by atoms with van der Waals surface area (Å²) in [6.45, 7) is 1.32. The Morgan fingerprint density at radius 1 is 1.25 bits per heavy atom. The molecule has 0 fully saturated rings. The number of halogens is 1. The number of carbonyl (C=O) groups is 1. The minimum atomic E-state index is -0.600. The molecule has 1 aromatic heterocycles. The molecule has 8 heteroatoms. The fourth-order valence-corrected chi connectivity index (χ4v) is 2.67. The maximum atomic E-state index is 14.7. The molecule has 2 heterocycles. The molecular formula is C16H17FN4O3.